The van der Waals surface area contributed by atoms with Crippen molar-refractivity contribution < 1.29 is 22.7 Å². The molecule has 1 unspecified atom stereocenters. The van der Waals surface area contributed by atoms with Crippen LogP contribution in [0.3, 0.4) is 0 Å². The third-order valence-electron chi connectivity index (χ3n) is 2.33. The summed E-state index contributed by atoms with van der Waals surface area (Å²) in [5.41, 5.74) is 5.65. The third kappa shape index (κ3) is 5.20. The number of ether oxygens (including phenoxy) is 1. The minimum Gasteiger partial charge on any atom is -0.405 e. The average Bonchev–Trinajstić information content (AvgIpc) is 2.35. The molecule has 0 saturated carbocycles. The van der Waals surface area contributed by atoms with Crippen molar-refractivity contribution in [2.45, 2.75) is 25.4 Å². The Hall–Kier alpha value is -2.20. The largest absolute Gasteiger partial charge is 0.573 e. The van der Waals surface area contributed by atoms with Gasteiger partial charge in [-0.2, -0.15) is 0 Å². The second-order valence-electron chi connectivity index (χ2n) is 3.89. The molecule has 0 heterocycles. The Bertz CT molecular complexity index is 509. The first-order valence-electron chi connectivity index (χ1n) is 5.64. The highest BCUT2D eigenvalue weighted by atomic mass is 19.4. The minimum absolute atomic E-state index is 0.0481. The summed E-state index contributed by atoms with van der Waals surface area (Å²) in [6, 6.07) is 4.61. The molecular weight excluding hydrogens is 273 g/mol. The van der Waals surface area contributed by atoms with E-state index in [-0.39, 0.29) is 24.3 Å². The van der Waals surface area contributed by atoms with E-state index in [1.807, 2.05) is 0 Å². The maximum atomic E-state index is 12.2. The van der Waals surface area contributed by atoms with Gasteiger partial charge in [-0.3, -0.25) is 4.79 Å². The molecule has 0 saturated heterocycles. The monoisotopic (exact) mass is 286 g/mol. The van der Waals surface area contributed by atoms with Crippen molar-refractivity contribution in [1.29, 1.82) is 0 Å². The predicted octanol–water partition coefficient (Wildman–Crippen LogP) is 1.55. The molecule has 0 aliphatic heterocycles. The predicted molar refractivity (Wildman–Crippen MR) is 66.4 cm³/mol. The number of amides is 1. The normalized spacial score (nSPS) is 12.3. The maximum Gasteiger partial charge on any atom is 0.573 e. The van der Waals surface area contributed by atoms with Gasteiger partial charge in [-0.25, -0.2) is 0 Å². The summed E-state index contributed by atoms with van der Waals surface area (Å²) in [5, 5.41) is 2.40. The number of para-hydroxylation sites is 1. The number of nitrogens with one attached hydrogen (secondary N) is 1. The molecule has 3 N–H and O–H groups in total. The fourth-order valence-corrected chi connectivity index (χ4v) is 1.41. The molecule has 0 aromatic heterocycles. The molecule has 108 valence electrons. The SMILES string of the molecule is C#CCC(N)C(=O)NCc1ccccc1OC(F)(F)F. The number of carbonyl (C=O) groups is 1. The molecule has 0 bridgehead atoms. The molecule has 1 aromatic carbocycles. The fraction of sp³-hybridized carbons (Fsp3) is 0.308. The lowest BCUT2D eigenvalue weighted by Gasteiger charge is -2.14. The first-order chi connectivity index (χ1) is 9.33. The van der Waals surface area contributed by atoms with E-state index in [0.29, 0.717) is 0 Å². The maximum absolute atomic E-state index is 12.2. The molecule has 0 aliphatic carbocycles. The second kappa shape index (κ2) is 6.82. The van der Waals surface area contributed by atoms with Gasteiger partial charge in [-0.15, -0.1) is 25.5 Å². The van der Waals surface area contributed by atoms with Crippen LogP contribution in [0.25, 0.3) is 0 Å². The van der Waals surface area contributed by atoms with Crippen LogP contribution in [-0.2, 0) is 11.3 Å². The van der Waals surface area contributed by atoms with E-state index >= 15 is 0 Å². The van der Waals surface area contributed by atoms with Gasteiger partial charge in [0.2, 0.25) is 5.91 Å². The van der Waals surface area contributed by atoms with Crippen LogP contribution in [-0.4, -0.2) is 18.3 Å². The summed E-state index contributed by atoms with van der Waals surface area (Å²) < 4.78 is 40.4. The van der Waals surface area contributed by atoms with Crippen molar-refractivity contribution in [3.05, 3.63) is 29.8 Å². The number of hydrogen-bond acceptors (Lipinski definition) is 3. The molecule has 1 atom stereocenters. The Kier molecular flexibility index (Phi) is 5.41. The van der Waals surface area contributed by atoms with Crippen LogP contribution < -0.4 is 15.8 Å². The Balaban J connectivity index is 2.69. The quantitative estimate of drug-likeness (QED) is 0.807. The first-order valence-corrected chi connectivity index (χ1v) is 5.64. The zero-order valence-electron chi connectivity index (χ0n) is 10.4. The summed E-state index contributed by atoms with van der Waals surface area (Å²) >= 11 is 0. The molecule has 7 heteroatoms. The number of alkyl halides is 3. The van der Waals surface area contributed by atoms with E-state index in [0.717, 1.165) is 6.07 Å². The van der Waals surface area contributed by atoms with Crippen molar-refractivity contribution in [3.8, 4) is 18.1 Å². The molecule has 0 fully saturated rings. The third-order valence-corrected chi connectivity index (χ3v) is 2.33. The molecule has 1 amide bonds. The van der Waals surface area contributed by atoms with Crippen LogP contribution in [0.2, 0.25) is 0 Å². The Morgan fingerprint density at radius 2 is 2.10 bits per heavy atom. The first kappa shape index (κ1) is 15.9. The lowest BCUT2D eigenvalue weighted by Crippen LogP contribution is -2.40. The highest BCUT2D eigenvalue weighted by Crippen LogP contribution is 2.25. The van der Waals surface area contributed by atoms with Crippen molar-refractivity contribution in [2.75, 3.05) is 0 Å². The summed E-state index contributed by atoms with van der Waals surface area (Å²) in [4.78, 5) is 11.5. The van der Waals surface area contributed by atoms with Gasteiger partial charge in [0.15, 0.2) is 0 Å². The van der Waals surface area contributed by atoms with Crippen LogP contribution in [0, 0.1) is 12.3 Å². The van der Waals surface area contributed by atoms with Gasteiger partial charge in [-0.1, -0.05) is 18.2 Å². The van der Waals surface area contributed by atoms with E-state index in [1.165, 1.54) is 18.2 Å². The van der Waals surface area contributed by atoms with Gasteiger partial charge < -0.3 is 15.8 Å². The number of nitrogens with two attached hydrogens (primary N) is 1. The lowest BCUT2D eigenvalue weighted by atomic mass is 10.2. The van der Waals surface area contributed by atoms with E-state index in [1.54, 1.807) is 0 Å². The van der Waals surface area contributed by atoms with Crippen molar-refractivity contribution in [2.24, 2.45) is 5.73 Å². The van der Waals surface area contributed by atoms with Gasteiger partial charge in [0.1, 0.15) is 5.75 Å². The zero-order valence-corrected chi connectivity index (χ0v) is 10.4. The van der Waals surface area contributed by atoms with Gasteiger partial charge in [0, 0.05) is 18.5 Å². The Labute approximate surface area is 114 Å². The van der Waals surface area contributed by atoms with Crippen molar-refractivity contribution in [3.63, 3.8) is 0 Å². The zero-order chi connectivity index (χ0) is 15.2. The topological polar surface area (TPSA) is 64.4 Å². The summed E-state index contributed by atoms with van der Waals surface area (Å²) in [6.45, 7) is -0.136. The van der Waals surface area contributed by atoms with Gasteiger partial charge in [0.05, 0.1) is 6.04 Å². The van der Waals surface area contributed by atoms with Gasteiger partial charge in [0.25, 0.3) is 0 Å². The van der Waals surface area contributed by atoms with Crippen LogP contribution in [0.4, 0.5) is 13.2 Å². The molecule has 20 heavy (non-hydrogen) atoms. The smallest absolute Gasteiger partial charge is 0.405 e. The van der Waals surface area contributed by atoms with Crippen LogP contribution in [0.1, 0.15) is 12.0 Å². The number of hydrogen-bond donors (Lipinski definition) is 2. The fourth-order valence-electron chi connectivity index (χ4n) is 1.41. The molecule has 4 nitrogen and oxygen atoms in total. The minimum atomic E-state index is -4.79. The van der Waals surface area contributed by atoms with Gasteiger partial charge >= 0.3 is 6.36 Å². The molecule has 0 spiro atoms. The van der Waals surface area contributed by atoms with E-state index in [2.05, 4.69) is 16.0 Å². The second-order valence-corrected chi connectivity index (χ2v) is 3.89. The highest BCUT2D eigenvalue weighted by Gasteiger charge is 2.32. The lowest BCUT2D eigenvalue weighted by molar-refractivity contribution is -0.274. The van der Waals surface area contributed by atoms with E-state index < -0.39 is 18.3 Å². The number of benzene rings is 1. The molecule has 0 radical (unpaired) electrons. The van der Waals surface area contributed by atoms with E-state index in [9.17, 15) is 18.0 Å². The molecule has 1 rings (SSSR count). The number of terminal acetylenes is 1. The van der Waals surface area contributed by atoms with Crippen molar-refractivity contribution >= 4 is 5.91 Å². The Morgan fingerprint density at radius 1 is 1.45 bits per heavy atom. The molecule has 0 aliphatic rings. The summed E-state index contributed by atoms with van der Waals surface area (Å²) in [6.07, 6.45) is 0.269. The summed E-state index contributed by atoms with van der Waals surface area (Å²) in [5.74, 6) is 1.32. The average molecular weight is 286 g/mol. The molecule has 1 aromatic rings. The molecular formula is C13H13F3N2O2. The van der Waals surface area contributed by atoms with Gasteiger partial charge in [-0.05, 0) is 6.07 Å². The van der Waals surface area contributed by atoms with Crippen LogP contribution in [0.5, 0.6) is 5.75 Å². The highest BCUT2D eigenvalue weighted by molar-refractivity contribution is 5.81. The summed E-state index contributed by atoms with van der Waals surface area (Å²) in [7, 11) is 0. The van der Waals surface area contributed by atoms with Crippen LogP contribution >= 0.6 is 0 Å². The van der Waals surface area contributed by atoms with Crippen LogP contribution in [0.15, 0.2) is 24.3 Å². The number of halogens is 3. The number of rotatable bonds is 5. The number of carbonyl (C=O) groups excluding carboxylic acids is 1. The van der Waals surface area contributed by atoms with E-state index in [4.69, 9.17) is 12.2 Å². The van der Waals surface area contributed by atoms with Crippen molar-refractivity contribution in [1.82, 2.24) is 5.32 Å². The standard InChI is InChI=1S/C13H13F3N2O2/c1-2-5-10(17)12(19)18-8-9-6-3-4-7-11(9)20-13(14,15)16/h1,3-4,6-7,10H,5,8,17H2,(H,18,19). The Morgan fingerprint density at radius 3 is 2.70 bits per heavy atom.